The Labute approximate surface area is 147 Å². The number of ether oxygens (including phenoxy) is 1. The lowest BCUT2D eigenvalue weighted by molar-refractivity contribution is 0.122. The van der Waals surface area contributed by atoms with Crippen molar-refractivity contribution in [3.8, 4) is 0 Å². The molecule has 9 heteroatoms. The summed E-state index contributed by atoms with van der Waals surface area (Å²) < 4.78 is 7.25. The van der Waals surface area contributed by atoms with Crippen molar-refractivity contribution in [1.29, 1.82) is 0 Å². The van der Waals surface area contributed by atoms with E-state index in [-0.39, 0.29) is 0 Å². The Balaban J connectivity index is 1.36. The van der Waals surface area contributed by atoms with E-state index in [9.17, 15) is 0 Å². The standard InChI is InChI=1S/C16H24N8O/c1-21-15(18-13-19-21)12-22-4-6-24(7-5-22)16-17-3-2-14(20-16)23-8-10-25-11-9-23/h2-3,13H,4-12H2,1H3. The molecule has 2 aromatic rings. The average Bonchev–Trinajstić information content (AvgIpc) is 3.08. The first-order valence-corrected chi connectivity index (χ1v) is 8.75. The molecular formula is C16H24N8O. The van der Waals surface area contributed by atoms with Crippen LogP contribution < -0.4 is 9.80 Å². The van der Waals surface area contributed by atoms with E-state index >= 15 is 0 Å². The molecular weight excluding hydrogens is 320 g/mol. The number of rotatable bonds is 4. The van der Waals surface area contributed by atoms with Crippen LogP contribution in [0.15, 0.2) is 18.6 Å². The molecule has 0 unspecified atom stereocenters. The summed E-state index contributed by atoms with van der Waals surface area (Å²) in [7, 11) is 1.93. The Hall–Kier alpha value is -2.26. The molecule has 9 nitrogen and oxygen atoms in total. The van der Waals surface area contributed by atoms with Crippen molar-refractivity contribution in [2.75, 3.05) is 62.3 Å². The SMILES string of the molecule is Cn1ncnc1CN1CCN(c2nccc(N3CCOCC3)n2)CC1. The maximum Gasteiger partial charge on any atom is 0.227 e. The fourth-order valence-corrected chi connectivity index (χ4v) is 3.23. The lowest BCUT2D eigenvalue weighted by Gasteiger charge is -2.35. The van der Waals surface area contributed by atoms with E-state index in [0.717, 1.165) is 76.6 Å². The number of nitrogens with zero attached hydrogens (tertiary/aromatic N) is 8. The summed E-state index contributed by atoms with van der Waals surface area (Å²) in [6.45, 7) is 7.92. The predicted octanol–water partition coefficient (Wildman–Crippen LogP) is -0.236. The molecule has 2 aliphatic heterocycles. The molecule has 2 saturated heterocycles. The van der Waals surface area contributed by atoms with Crippen LogP contribution >= 0.6 is 0 Å². The van der Waals surface area contributed by atoms with E-state index in [1.54, 1.807) is 6.33 Å². The van der Waals surface area contributed by atoms with Gasteiger partial charge in [-0.2, -0.15) is 10.1 Å². The average molecular weight is 344 g/mol. The molecule has 2 fully saturated rings. The number of hydrogen-bond acceptors (Lipinski definition) is 8. The fourth-order valence-electron chi connectivity index (χ4n) is 3.23. The van der Waals surface area contributed by atoms with E-state index in [1.165, 1.54) is 0 Å². The van der Waals surface area contributed by atoms with E-state index in [4.69, 9.17) is 9.72 Å². The van der Waals surface area contributed by atoms with Gasteiger partial charge in [0.25, 0.3) is 0 Å². The van der Waals surface area contributed by atoms with Crippen LogP contribution in [-0.4, -0.2) is 82.1 Å². The predicted molar refractivity (Wildman–Crippen MR) is 93.6 cm³/mol. The van der Waals surface area contributed by atoms with Crippen LogP contribution in [0.25, 0.3) is 0 Å². The highest BCUT2D eigenvalue weighted by Gasteiger charge is 2.21. The van der Waals surface area contributed by atoms with Crippen LogP contribution in [0.3, 0.4) is 0 Å². The van der Waals surface area contributed by atoms with Crippen molar-refractivity contribution in [1.82, 2.24) is 29.6 Å². The number of piperazine rings is 1. The van der Waals surface area contributed by atoms with Gasteiger partial charge in [0.15, 0.2) is 0 Å². The molecule has 4 heterocycles. The van der Waals surface area contributed by atoms with Gasteiger partial charge in [0.2, 0.25) is 5.95 Å². The highest BCUT2D eigenvalue weighted by atomic mass is 16.5. The summed E-state index contributed by atoms with van der Waals surface area (Å²) in [5.74, 6) is 2.82. The van der Waals surface area contributed by atoms with Crippen LogP contribution in [0, 0.1) is 0 Å². The second-order valence-electron chi connectivity index (χ2n) is 6.38. The van der Waals surface area contributed by atoms with Crippen molar-refractivity contribution >= 4 is 11.8 Å². The second kappa shape index (κ2) is 7.32. The summed E-state index contributed by atoms with van der Waals surface area (Å²) in [5.41, 5.74) is 0. The lowest BCUT2D eigenvalue weighted by atomic mass is 10.3. The summed E-state index contributed by atoms with van der Waals surface area (Å²) in [5, 5.41) is 4.13. The maximum atomic E-state index is 5.42. The van der Waals surface area contributed by atoms with E-state index < -0.39 is 0 Å². The van der Waals surface area contributed by atoms with Crippen molar-refractivity contribution in [3.05, 3.63) is 24.4 Å². The Kier molecular flexibility index (Phi) is 4.75. The summed E-state index contributed by atoms with van der Waals surface area (Å²) in [6, 6.07) is 1.99. The Bertz CT molecular complexity index is 691. The maximum absolute atomic E-state index is 5.42. The van der Waals surface area contributed by atoms with Crippen LogP contribution in [0.2, 0.25) is 0 Å². The molecule has 0 N–H and O–H groups in total. The molecule has 0 aliphatic carbocycles. The van der Waals surface area contributed by atoms with Crippen LogP contribution in [0.4, 0.5) is 11.8 Å². The van der Waals surface area contributed by atoms with E-state index in [1.807, 2.05) is 24.0 Å². The third-order valence-corrected chi connectivity index (χ3v) is 4.79. The molecule has 0 bridgehead atoms. The van der Waals surface area contributed by atoms with Gasteiger partial charge in [-0.25, -0.2) is 9.97 Å². The van der Waals surface area contributed by atoms with Gasteiger partial charge in [-0.3, -0.25) is 9.58 Å². The smallest absolute Gasteiger partial charge is 0.227 e. The Morgan fingerprint density at radius 2 is 1.80 bits per heavy atom. The topological polar surface area (TPSA) is 75.4 Å². The van der Waals surface area contributed by atoms with E-state index in [0.29, 0.717) is 0 Å². The minimum absolute atomic E-state index is 0.764. The first-order valence-electron chi connectivity index (χ1n) is 8.75. The van der Waals surface area contributed by atoms with Gasteiger partial charge >= 0.3 is 0 Å². The van der Waals surface area contributed by atoms with Crippen molar-refractivity contribution < 1.29 is 4.74 Å². The summed E-state index contributed by atoms with van der Waals surface area (Å²) in [6.07, 6.45) is 3.47. The van der Waals surface area contributed by atoms with Crippen molar-refractivity contribution in [3.63, 3.8) is 0 Å². The molecule has 0 aromatic carbocycles. The second-order valence-corrected chi connectivity index (χ2v) is 6.38. The van der Waals surface area contributed by atoms with E-state index in [2.05, 4.69) is 29.8 Å². The van der Waals surface area contributed by atoms with Crippen LogP contribution in [0.1, 0.15) is 5.82 Å². The third kappa shape index (κ3) is 3.72. The number of hydrogen-bond donors (Lipinski definition) is 0. The number of aromatic nitrogens is 5. The van der Waals surface area contributed by atoms with Gasteiger partial charge < -0.3 is 14.5 Å². The Morgan fingerprint density at radius 1 is 1.00 bits per heavy atom. The minimum atomic E-state index is 0.764. The third-order valence-electron chi connectivity index (χ3n) is 4.79. The largest absolute Gasteiger partial charge is 0.378 e. The first kappa shape index (κ1) is 16.2. The molecule has 0 amide bonds. The minimum Gasteiger partial charge on any atom is -0.378 e. The van der Waals surface area contributed by atoms with Gasteiger partial charge in [-0.05, 0) is 6.07 Å². The zero-order chi connectivity index (χ0) is 17.1. The monoisotopic (exact) mass is 344 g/mol. The van der Waals surface area contributed by atoms with Crippen molar-refractivity contribution in [2.24, 2.45) is 7.05 Å². The highest BCUT2D eigenvalue weighted by molar-refractivity contribution is 5.44. The first-order chi connectivity index (χ1) is 12.3. The van der Waals surface area contributed by atoms with Crippen LogP contribution in [-0.2, 0) is 18.3 Å². The number of anilines is 2. The molecule has 4 rings (SSSR count). The van der Waals surface area contributed by atoms with Gasteiger partial charge in [-0.1, -0.05) is 0 Å². The molecule has 0 radical (unpaired) electrons. The van der Waals surface area contributed by atoms with Crippen LogP contribution in [0.5, 0.6) is 0 Å². The molecule has 0 atom stereocenters. The molecule has 0 saturated carbocycles. The van der Waals surface area contributed by atoms with Gasteiger partial charge in [0.05, 0.1) is 19.8 Å². The zero-order valence-electron chi connectivity index (χ0n) is 14.6. The van der Waals surface area contributed by atoms with Gasteiger partial charge in [0, 0.05) is 52.5 Å². The Morgan fingerprint density at radius 3 is 2.52 bits per heavy atom. The molecule has 25 heavy (non-hydrogen) atoms. The summed E-state index contributed by atoms with van der Waals surface area (Å²) in [4.78, 5) is 20.5. The number of aryl methyl sites for hydroxylation is 1. The molecule has 2 aromatic heterocycles. The highest BCUT2D eigenvalue weighted by Crippen LogP contribution is 2.18. The summed E-state index contributed by atoms with van der Waals surface area (Å²) >= 11 is 0. The van der Waals surface area contributed by atoms with Gasteiger partial charge in [-0.15, -0.1) is 0 Å². The fraction of sp³-hybridized carbons (Fsp3) is 0.625. The molecule has 0 spiro atoms. The van der Waals surface area contributed by atoms with Gasteiger partial charge in [0.1, 0.15) is 18.0 Å². The number of morpholine rings is 1. The lowest BCUT2D eigenvalue weighted by Crippen LogP contribution is -2.47. The van der Waals surface area contributed by atoms with Crippen molar-refractivity contribution in [2.45, 2.75) is 6.54 Å². The zero-order valence-corrected chi connectivity index (χ0v) is 14.6. The normalized spacial score (nSPS) is 19.4. The molecule has 2 aliphatic rings. The quantitative estimate of drug-likeness (QED) is 0.753. The molecule has 134 valence electrons.